The van der Waals surface area contributed by atoms with E-state index in [0.29, 0.717) is 6.04 Å². The van der Waals surface area contributed by atoms with Gasteiger partial charge in [0, 0.05) is 6.54 Å². The SMILES string of the molecule is NC(=O)c1cn([C@@H]2CCCNC2)nn1. The van der Waals surface area contributed by atoms with E-state index in [0.717, 1.165) is 25.9 Å². The molecule has 1 atom stereocenters. The van der Waals surface area contributed by atoms with E-state index in [2.05, 4.69) is 15.6 Å². The Morgan fingerprint density at radius 3 is 3.14 bits per heavy atom. The number of carbonyl (C=O) groups excluding carboxylic acids is 1. The Morgan fingerprint density at radius 1 is 1.71 bits per heavy atom. The second-order valence-electron chi connectivity index (χ2n) is 3.45. The summed E-state index contributed by atoms with van der Waals surface area (Å²) in [5.74, 6) is -0.528. The van der Waals surface area contributed by atoms with E-state index in [1.54, 1.807) is 10.9 Å². The molecule has 1 aliphatic heterocycles. The predicted molar refractivity (Wildman–Crippen MR) is 49.7 cm³/mol. The first-order valence-electron chi connectivity index (χ1n) is 4.70. The molecule has 1 aromatic heterocycles. The number of amides is 1. The molecule has 1 fully saturated rings. The van der Waals surface area contributed by atoms with Crippen LogP contribution in [0.25, 0.3) is 0 Å². The van der Waals surface area contributed by atoms with Crippen molar-refractivity contribution in [2.75, 3.05) is 13.1 Å². The van der Waals surface area contributed by atoms with Crippen molar-refractivity contribution in [3.8, 4) is 0 Å². The number of nitrogens with zero attached hydrogens (tertiary/aromatic N) is 3. The number of primary amides is 1. The molecular weight excluding hydrogens is 182 g/mol. The highest BCUT2D eigenvalue weighted by Gasteiger charge is 2.17. The number of aromatic nitrogens is 3. The van der Waals surface area contributed by atoms with Gasteiger partial charge in [-0.2, -0.15) is 0 Å². The molecule has 76 valence electrons. The van der Waals surface area contributed by atoms with Crippen LogP contribution in [0.3, 0.4) is 0 Å². The quantitative estimate of drug-likeness (QED) is 0.653. The molecule has 0 bridgehead atoms. The van der Waals surface area contributed by atoms with Crippen molar-refractivity contribution in [3.05, 3.63) is 11.9 Å². The molecule has 0 aromatic carbocycles. The number of carbonyl (C=O) groups is 1. The first-order chi connectivity index (χ1) is 6.77. The molecule has 2 heterocycles. The third kappa shape index (κ3) is 1.74. The lowest BCUT2D eigenvalue weighted by Gasteiger charge is -2.22. The molecule has 0 radical (unpaired) electrons. The third-order valence-corrected chi connectivity index (χ3v) is 2.41. The van der Waals surface area contributed by atoms with Gasteiger partial charge in [-0.15, -0.1) is 5.10 Å². The van der Waals surface area contributed by atoms with E-state index in [1.807, 2.05) is 0 Å². The average Bonchev–Trinajstić information content (AvgIpc) is 2.68. The molecule has 0 saturated carbocycles. The van der Waals surface area contributed by atoms with Crippen LogP contribution in [0.1, 0.15) is 29.4 Å². The van der Waals surface area contributed by atoms with Gasteiger partial charge in [-0.1, -0.05) is 5.21 Å². The normalized spacial score (nSPS) is 22.1. The zero-order valence-corrected chi connectivity index (χ0v) is 7.81. The Bertz CT molecular complexity index is 328. The maximum atomic E-state index is 10.8. The maximum Gasteiger partial charge on any atom is 0.270 e. The maximum absolute atomic E-state index is 10.8. The molecule has 6 nitrogen and oxygen atoms in total. The summed E-state index contributed by atoms with van der Waals surface area (Å²) in [6.45, 7) is 1.93. The van der Waals surface area contributed by atoms with Crippen LogP contribution in [0.2, 0.25) is 0 Å². The fourth-order valence-corrected chi connectivity index (χ4v) is 1.63. The average molecular weight is 195 g/mol. The third-order valence-electron chi connectivity index (χ3n) is 2.41. The number of hydrogen-bond acceptors (Lipinski definition) is 4. The van der Waals surface area contributed by atoms with E-state index < -0.39 is 5.91 Å². The van der Waals surface area contributed by atoms with Crippen LogP contribution < -0.4 is 11.1 Å². The number of rotatable bonds is 2. The Kier molecular flexibility index (Phi) is 2.45. The Balaban J connectivity index is 2.11. The Labute approximate surface area is 81.5 Å². The van der Waals surface area contributed by atoms with Crippen molar-refractivity contribution in [3.63, 3.8) is 0 Å². The molecule has 1 aliphatic rings. The molecule has 3 N–H and O–H groups in total. The number of piperidine rings is 1. The lowest BCUT2D eigenvalue weighted by Crippen LogP contribution is -2.31. The molecule has 0 unspecified atom stereocenters. The molecule has 14 heavy (non-hydrogen) atoms. The lowest BCUT2D eigenvalue weighted by atomic mass is 10.1. The molecule has 1 amide bonds. The molecule has 2 rings (SSSR count). The van der Waals surface area contributed by atoms with Crippen molar-refractivity contribution in [1.29, 1.82) is 0 Å². The zero-order chi connectivity index (χ0) is 9.97. The Hall–Kier alpha value is -1.43. The van der Waals surface area contributed by atoms with E-state index >= 15 is 0 Å². The van der Waals surface area contributed by atoms with Gasteiger partial charge in [-0.05, 0) is 19.4 Å². The summed E-state index contributed by atoms with van der Waals surface area (Å²) in [6, 6.07) is 0.296. The van der Waals surface area contributed by atoms with Gasteiger partial charge in [-0.3, -0.25) is 4.79 Å². The van der Waals surface area contributed by atoms with Crippen LogP contribution in [0.15, 0.2) is 6.20 Å². The molecule has 1 saturated heterocycles. The van der Waals surface area contributed by atoms with Crippen molar-refractivity contribution in [2.45, 2.75) is 18.9 Å². The van der Waals surface area contributed by atoms with Gasteiger partial charge in [0.1, 0.15) is 0 Å². The zero-order valence-electron chi connectivity index (χ0n) is 7.81. The summed E-state index contributed by atoms with van der Waals surface area (Å²) in [5, 5.41) is 10.9. The van der Waals surface area contributed by atoms with Crippen molar-refractivity contribution in [2.24, 2.45) is 5.73 Å². The first-order valence-corrected chi connectivity index (χ1v) is 4.70. The standard InChI is InChI=1S/C8H13N5O/c9-8(14)7-5-13(12-11-7)6-2-1-3-10-4-6/h5-6,10H,1-4H2,(H2,9,14)/t6-/m1/s1. The first kappa shape index (κ1) is 9.14. The van der Waals surface area contributed by atoms with Gasteiger partial charge in [0.05, 0.1) is 12.2 Å². The fraction of sp³-hybridized carbons (Fsp3) is 0.625. The van der Waals surface area contributed by atoms with Crippen LogP contribution in [0.4, 0.5) is 0 Å². The van der Waals surface area contributed by atoms with E-state index in [9.17, 15) is 4.79 Å². The predicted octanol–water partition coefficient (Wildman–Crippen LogP) is -0.699. The monoisotopic (exact) mass is 195 g/mol. The van der Waals surface area contributed by atoms with Crippen LogP contribution >= 0.6 is 0 Å². The summed E-state index contributed by atoms with van der Waals surface area (Å²) in [6.07, 6.45) is 3.80. The molecular formula is C8H13N5O. The van der Waals surface area contributed by atoms with Gasteiger partial charge in [0.15, 0.2) is 5.69 Å². The van der Waals surface area contributed by atoms with Crippen molar-refractivity contribution < 1.29 is 4.79 Å². The summed E-state index contributed by atoms with van der Waals surface area (Å²) in [7, 11) is 0. The summed E-state index contributed by atoms with van der Waals surface area (Å²) in [4.78, 5) is 10.8. The molecule has 0 spiro atoms. The van der Waals surface area contributed by atoms with Gasteiger partial charge < -0.3 is 11.1 Å². The van der Waals surface area contributed by atoms with Crippen LogP contribution in [0, 0.1) is 0 Å². The highest BCUT2D eigenvalue weighted by Crippen LogP contribution is 2.14. The van der Waals surface area contributed by atoms with Crippen LogP contribution in [-0.2, 0) is 0 Å². The summed E-state index contributed by atoms with van der Waals surface area (Å²) >= 11 is 0. The molecule has 0 aliphatic carbocycles. The van der Waals surface area contributed by atoms with Crippen LogP contribution in [0.5, 0.6) is 0 Å². The minimum absolute atomic E-state index is 0.232. The largest absolute Gasteiger partial charge is 0.364 e. The molecule has 1 aromatic rings. The summed E-state index contributed by atoms with van der Waals surface area (Å²) < 4.78 is 1.71. The van der Waals surface area contributed by atoms with Crippen LogP contribution in [-0.4, -0.2) is 34.0 Å². The Morgan fingerprint density at radius 2 is 2.57 bits per heavy atom. The minimum Gasteiger partial charge on any atom is -0.364 e. The van der Waals surface area contributed by atoms with E-state index in [1.165, 1.54) is 0 Å². The van der Waals surface area contributed by atoms with Crippen molar-refractivity contribution >= 4 is 5.91 Å². The highest BCUT2D eigenvalue weighted by atomic mass is 16.1. The fourth-order valence-electron chi connectivity index (χ4n) is 1.63. The number of nitrogens with two attached hydrogens (primary N) is 1. The van der Waals surface area contributed by atoms with Gasteiger partial charge in [0.2, 0.25) is 0 Å². The smallest absolute Gasteiger partial charge is 0.270 e. The topological polar surface area (TPSA) is 85.8 Å². The second kappa shape index (κ2) is 3.75. The number of hydrogen-bond donors (Lipinski definition) is 2. The minimum atomic E-state index is -0.528. The van der Waals surface area contributed by atoms with Crippen molar-refractivity contribution in [1.82, 2.24) is 20.3 Å². The number of nitrogens with one attached hydrogen (secondary N) is 1. The highest BCUT2D eigenvalue weighted by molar-refractivity contribution is 5.90. The second-order valence-corrected chi connectivity index (χ2v) is 3.45. The molecule has 6 heteroatoms. The lowest BCUT2D eigenvalue weighted by molar-refractivity contribution is 0.0995. The van der Waals surface area contributed by atoms with Gasteiger partial charge >= 0.3 is 0 Å². The van der Waals surface area contributed by atoms with E-state index in [-0.39, 0.29) is 5.69 Å². The van der Waals surface area contributed by atoms with Gasteiger partial charge in [-0.25, -0.2) is 4.68 Å². The van der Waals surface area contributed by atoms with Gasteiger partial charge in [0.25, 0.3) is 5.91 Å². The summed E-state index contributed by atoms with van der Waals surface area (Å²) in [5.41, 5.74) is 5.32. The van der Waals surface area contributed by atoms with E-state index in [4.69, 9.17) is 5.73 Å².